The summed E-state index contributed by atoms with van der Waals surface area (Å²) in [5, 5.41) is 11.7. The van der Waals surface area contributed by atoms with E-state index in [-0.39, 0.29) is 0 Å². The van der Waals surface area contributed by atoms with Crippen molar-refractivity contribution in [2.75, 3.05) is 6.26 Å². The van der Waals surface area contributed by atoms with Gasteiger partial charge in [0.05, 0.1) is 5.60 Å². The zero-order chi connectivity index (χ0) is 14.7. The fourth-order valence-electron chi connectivity index (χ4n) is 1.08. The second-order valence-corrected chi connectivity index (χ2v) is 8.15. The summed E-state index contributed by atoms with van der Waals surface area (Å²) in [6.45, 7) is 3.04. The number of benzene rings is 1. The van der Waals surface area contributed by atoms with Crippen LogP contribution in [0.5, 0.6) is 0 Å². The number of ether oxygens (including phenoxy) is 1. The van der Waals surface area contributed by atoms with E-state index in [1.807, 2.05) is 36.6 Å². The Balaban J connectivity index is 2.78. The summed E-state index contributed by atoms with van der Waals surface area (Å²) in [7, 11) is 0. The van der Waals surface area contributed by atoms with Crippen LogP contribution in [0.3, 0.4) is 0 Å². The lowest BCUT2D eigenvalue weighted by Crippen LogP contribution is -2.44. The highest BCUT2D eigenvalue weighted by atomic mass is 35.6. The molecule has 106 valence electrons. The Morgan fingerprint density at radius 2 is 1.74 bits per heavy atom. The van der Waals surface area contributed by atoms with E-state index in [0.717, 1.165) is 4.90 Å². The molecule has 7 heteroatoms. The molecule has 0 spiro atoms. The van der Waals surface area contributed by atoms with E-state index in [0.29, 0.717) is 0 Å². The van der Waals surface area contributed by atoms with Crippen molar-refractivity contribution in [2.24, 2.45) is 4.40 Å². The molecule has 0 aliphatic heterocycles. The van der Waals surface area contributed by atoms with Gasteiger partial charge in [-0.25, -0.2) is 0 Å². The molecule has 1 unspecified atom stereocenters. The van der Waals surface area contributed by atoms with Crippen LogP contribution in [0.25, 0.3) is 0 Å². The molecule has 0 saturated carbocycles. The van der Waals surface area contributed by atoms with Gasteiger partial charge in [0.2, 0.25) is 9.88 Å². The van der Waals surface area contributed by atoms with Gasteiger partial charge in [-0.3, -0.25) is 0 Å². The summed E-state index contributed by atoms with van der Waals surface area (Å²) in [5.74, 6) is 0. The molecular formula is C12H14Cl3NO2S. The van der Waals surface area contributed by atoms with Crippen molar-refractivity contribution in [2.45, 2.75) is 28.1 Å². The zero-order valence-corrected chi connectivity index (χ0v) is 13.8. The van der Waals surface area contributed by atoms with Gasteiger partial charge in [0.15, 0.2) is 16.0 Å². The van der Waals surface area contributed by atoms with Crippen LogP contribution in [-0.2, 0) is 15.8 Å². The minimum atomic E-state index is -1.71. The van der Waals surface area contributed by atoms with Gasteiger partial charge in [-0.1, -0.05) is 53.0 Å². The van der Waals surface area contributed by atoms with Crippen LogP contribution in [-0.4, -0.2) is 21.7 Å². The van der Waals surface area contributed by atoms with E-state index < -0.39 is 26.6 Å². The molecule has 0 fully saturated rings. The highest BCUT2D eigenvalue weighted by molar-refractivity contribution is 7.95. The fraction of sp³-hybridized carbons (Fsp3) is 0.417. The molecule has 1 rings (SSSR count). The molecule has 0 aromatic heterocycles. The predicted octanol–water partition coefficient (Wildman–Crippen LogP) is 3.09. The first-order chi connectivity index (χ1) is 8.63. The largest absolute Gasteiger partial charge is 0.587 e. The lowest BCUT2D eigenvalue weighted by Gasteiger charge is -2.38. The van der Waals surface area contributed by atoms with Crippen molar-refractivity contribution in [3.05, 3.63) is 30.3 Å². The number of halogens is 3. The lowest BCUT2D eigenvalue weighted by molar-refractivity contribution is -0.260. The van der Waals surface area contributed by atoms with Crippen LogP contribution in [0, 0.1) is 0 Å². The first-order valence-electron chi connectivity index (χ1n) is 5.36. The Kier molecular flexibility index (Phi) is 5.68. The monoisotopic (exact) mass is 341 g/mol. The molecule has 1 atom stereocenters. The van der Waals surface area contributed by atoms with Crippen LogP contribution in [0.1, 0.15) is 13.8 Å². The highest BCUT2D eigenvalue weighted by Crippen LogP contribution is 2.40. The Labute approximate surface area is 131 Å². The molecule has 0 amide bonds. The number of nitrogens with zero attached hydrogens (tertiary/aromatic N) is 1. The third-order valence-electron chi connectivity index (χ3n) is 2.32. The summed E-state index contributed by atoms with van der Waals surface area (Å²) in [6, 6.07) is 9.43. The van der Waals surface area contributed by atoms with E-state index in [9.17, 15) is 5.11 Å². The van der Waals surface area contributed by atoms with Crippen molar-refractivity contribution >= 4 is 52.0 Å². The van der Waals surface area contributed by atoms with Gasteiger partial charge in [0.1, 0.15) is 6.26 Å². The molecule has 0 heterocycles. The normalized spacial score (nSPS) is 15.2. The van der Waals surface area contributed by atoms with Gasteiger partial charge in [-0.05, 0) is 30.4 Å². The molecule has 1 aromatic carbocycles. The van der Waals surface area contributed by atoms with Crippen LogP contribution in [0.4, 0.5) is 0 Å². The van der Waals surface area contributed by atoms with E-state index in [4.69, 9.17) is 39.5 Å². The summed E-state index contributed by atoms with van der Waals surface area (Å²) < 4.78 is 7.33. The molecule has 0 aliphatic rings. The van der Waals surface area contributed by atoms with Gasteiger partial charge in [-0.2, -0.15) is 0 Å². The maximum atomic E-state index is 11.7. The van der Waals surface area contributed by atoms with E-state index >= 15 is 0 Å². The second kappa shape index (κ2) is 6.44. The van der Waals surface area contributed by atoms with Crippen molar-refractivity contribution in [1.29, 1.82) is 0 Å². The van der Waals surface area contributed by atoms with Gasteiger partial charge >= 0.3 is 0 Å². The first kappa shape index (κ1) is 16.8. The molecule has 0 aliphatic carbocycles. The first-order valence-corrected chi connectivity index (χ1v) is 8.08. The van der Waals surface area contributed by atoms with E-state index in [1.54, 1.807) is 0 Å². The lowest BCUT2D eigenvalue weighted by atomic mass is 10.2. The summed E-state index contributed by atoms with van der Waals surface area (Å²) >= 11 is 16.6. The Morgan fingerprint density at radius 3 is 2.21 bits per heavy atom. The highest BCUT2D eigenvalue weighted by Gasteiger charge is 2.38. The van der Waals surface area contributed by atoms with Gasteiger partial charge < -0.3 is 9.84 Å². The van der Waals surface area contributed by atoms with E-state index in [2.05, 4.69) is 4.40 Å². The predicted molar refractivity (Wildman–Crippen MR) is 80.9 cm³/mol. The van der Waals surface area contributed by atoms with Gasteiger partial charge in [-0.15, -0.1) is 0 Å². The minimum absolute atomic E-state index is 0.604. The molecular weight excluding hydrogens is 329 g/mol. The number of rotatable bonds is 3. The Bertz CT molecular complexity index is 446. The average molecular weight is 343 g/mol. The van der Waals surface area contributed by atoms with Gasteiger partial charge in [0, 0.05) is 0 Å². The molecule has 0 N–H and O–H groups in total. The fourth-order valence-corrected chi connectivity index (χ4v) is 2.11. The molecule has 19 heavy (non-hydrogen) atoms. The molecule has 3 nitrogen and oxygen atoms in total. The Morgan fingerprint density at radius 1 is 1.21 bits per heavy atom. The quantitative estimate of drug-likeness (QED) is 0.367. The smallest absolute Gasteiger partial charge is 0.205 e. The summed E-state index contributed by atoms with van der Waals surface area (Å²) in [4.78, 5) is 0.936. The van der Waals surface area contributed by atoms with Crippen molar-refractivity contribution in [3.8, 4) is 0 Å². The Hall–Kier alpha value is -0.290. The summed E-state index contributed by atoms with van der Waals surface area (Å²) in [6.07, 6.45) is 1.07. The number of alkyl halides is 3. The topological polar surface area (TPSA) is 44.7 Å². The third-order valence-corrected chi connectivity index (χ3v) is 5.06. The van der Waals surface area contributed by atoms with Crippen LogP contribution < -0.4 is 5.11 Å². The molecule has 0 bridgehead atoms. The van der Waals surface area contributed by atoms with Crippen molar-refractivity contribution in [3.63, 3.8) is 0 Å². The van der Waals surface area contributed by atoms with Crippen molar-refractivity contribution in [1.82, 2.24) is 0 Å². The maximum Gasteiger partial charge on any atom is 0.205 e. The minimum Gasteiger partial charge on any atom is -0.587 e. The van der Waals surface area contributed by atoms with Gasteiger partial charge in [0.25, 0.3) is 0 Å². The standard InChI is InChI=1S/C12H14Cl3NO2S/c1-11(2,12(13,14)15)18-10(17)16-19(3)9-7-5-4-6-8-9/h4-8H,1-3H3. The van der Waals surface area contributed by atoms with Crippen LogP contribution >= 0.6 is 34.8 Å². The SMILES string of the molecule is C[S+](/N=C(\[O-])OC(C)(C)C(Cl)(Cl)Cl)c1ccccc1. The maximum absolute atomic E-state index is 11.7. The van der Waals surface area contributed by atoms with Crippen LogP contribution in [0.2, 0.25) is 0 Å². The zero-order valence-electron chi connectivity index (χ0n) is 10.7. The summed E-state index contributed by atoms with van der Waals surface area (Å²) in [5.41, 5.74) is -1.25. The molecule has 0 radical (unpaired) electrons. The number of hydrogen-bond donors (Lipinski definition) is 0. The average Bonchev–Trinajstić information content (AvgIpc) is 2.27. The second-order valence-electron chi connectivity index (χ2n) is 4.26. The van der Waals surface area contributed by atoms with E-state index in [1.165, 1.54) is 13.8 Å². The molecule has 1 aromatic rings. The molecule has 0 saturated heterocycles. The van der Waals surface area contributed by atoms with Crippen LogP contribution in [0.15, 0.2) is 39.6 Å². The third kappa shape index (κ3) is 4.95. The van der Waals surface area contributed by atoms with Crippen molar-refractivity contribution < 1.29 is 9.84 Å². The number of hydrogen-bond acceptors (Lipinski definition) is 3.